The third-order valence-electron chi connectivity index (χ3n) is 3.13. The van der Waals surface area contributed by atoms with Crippen molar-refractivity contribution >= 4 is 11.6 Å². The van der Waals surface area contributed by atoms with Gasteiger partial charge in [0.25, 0.3) is 5.91 Å². The molecule has 3 N–H and O–H groups in total. The second-order valence-corrected chi connectivity index (χ2v) is 4.85. The molecule has 0 aliphatic carbocycles. The smallest absolute Gasteiger partial charge is 0.254 e. The topological polar surface area (TPSA) is 55.1 Å². The summed E-state index contributed by atoms with van der Waals surface area (Å²) in [5.41, 5.74) is 8.04. The maximum Gasteiger partial charge on any atom is 0.254 e. The summed E-state index contributed by atoms with van der Waals surface area (Å²) in [4.78, 5) is 12.1. The van der Waals surface area contributed by atoms with Crippen LogP contribution < -0.4 is 11.1 Å². The minimum atomic E-state index is -0.512. The van der Waals surface area contributed by atoms with E-state index in [1.807, 2.05) is 19.1 Å². The minimum Gasteiger partial charge on any atom is -0.399 e. The molecule has 1 unspecified atom stereocenters. The van der Waals surface area contributed by atoms with Gasteiger partial charge in [0.1, 0.15) is 5.82 Å². The van der Waals surface area contributed by atoms with Crippen LogP contribution in [0.2, 0.25) is 0 Å². The fourth-order valence-corrected chi connectivity index (χ4v) is 1.99. The lowest BCUT2D eigenvalue weighted by atomic mass is 10.1. The van der Waals surface area contributed by atoms with E-state index in [1.165, 1.54) is 12.1 Å². The molecule has 0 heterocycles. The number of carbonyl (C=O) groups is 1. The van der Waals surface area contributed by atoms with Gasteiger partial charge in [0.2, 0.25) is 0 Å². The number of halogens is 1. The van der Waals surface area contributed by atoms with Crippen LogP contribution in [0.1, 0.15) is 34.5 Å². The van der Waals surface area contributed by atoms with Gasteiger partial charge in [-0.1, -0.05) is 18.2 Å². The first kappa shape index (κ1) is 14.1. The lowest BCUT2D eigenvalue weighted by Crippen LogP contribution is -2.27. The Morgan fingerprint density at radius 3 is 2.65 bits per heavy atom. The Hall–Kier alpha value is -2.36. The zero-order valence-corrected chi connectivity index (χ0v) is 11.5. The molecule has 0 spiro atoms. The van der Waals surface area contributed by atoms with Crippen molar-refractivity contribution < 1.29 is 9.18 Å². The summed E-state index contributed by atoms with van der Waals surface area (Å²) in [5.74, 6) is -0.945. The van der Waals surface area contributed by atoms with Crippen molar-refractivity contribution in [2.45, 2.75) is 19.9 Å². The van der Waals surface area contributed by atoms with E-state index in [-0.39, 0.29) is 11.6 Å². The predicted octanol–water partition coefficient (Wildman–Crippen LogP) is 3.21. The fraction of sp³-hybridized carbons (Fsp3) is 0.188. The zero-order valence-electron chi connectivity index (χ0n) is 11.5. The van der Waals surface area contributed by atoms with Gasteiger partial charge in [0.05, 0.1) is 11.6 Å². The van der Waals surface area contributed by atoms with Crippen molar-refractivity contribution in [2.75, 3.05) is 5.73 Å². The van der Waals surface area contributed by atoms with Gasteiger partial charge in [0.15, 0.2) is 0 Å². The molecular formula is C16H17FN2O. The Morgan fingerprint density at radius 2 is 2.00 bits per heavy atom. The third kappa shape index (κ3) is 3.15. The second kappa shape index (κ2) is 5.74. The van der Waals surface area contributed by atoms with Crippen LogP contribution in [-0.2, 0) is 0 Å². The highest BCUT2D eigenvalue weighted by atomic mass is 19.1. The number of hydrogen-bond acceptors (Lipinski definition) is 2. The van der Waals surface area contributed by atoms with E-state index in [4.69, 9.17) is 5.73 Å². The van der Waals surface area contributed by atoms with Gasteiger partial charge in [-0.25, -0.2) is 4.39 Å². The number of aryl methyl sites for hydroxylation is 1. The maximum absolute atomic E-state index is 13.7. The summed E-state index contributed by atoms with van der Waals surface area (Å²) >= 11 is 0. The molecule has 0 aliphatic heterocycles. The van der Waals surface area contributed by atoms with Crippen LogP contribution in [-0.4, -0.2) is 5.91 Å². The average molecular weight is 272 g/mol. The van der Waals surface area contributed by atoms with Crippen molar-refractivity contribution in [3.63, 3.8) is 0 Å². The largest absolute Gasteiger partial charge is 0.399 e. The van der Waals surface area contributed by atoms with Crippen LogP contribution in [0.25, 0.3) is 0 Å². The molecule has 0 aliphatic rings. The Kier molecular flexibility index (Phi) is 4.03. The summed E-state index contributed by atoms with van der Waals surface area (Å²) in [5, 5.41) is 2.77. The van der Waals surface area contributed by atoms with Crippen LogP contribution >= 0.6 is 0 Å². The average Bonchev–Trinajstić information content (AvgIpc) is 2.38. The number of nitrogens with one attached hydrogen (secondary N) is 1. The fourth-order valence-electron chi connectivity index (χ4n) is 1.99. The van der Waals surface area contributed by atoms with Crippen molar-refractivity contribution in [1.29, 1.82) is 0 Å². The Labute approximate surface area is 117 Å². The van der Waals surface area contributed by atoms with Crippen LogP contribution in [0, 0.1) is 12.7 Å². The first-order valence-corrected chi connectivity index (χ1v) is 6.40. The van der Waals surface area contributed by atoms with Gasteiger partial charge in [-0.15, -0.1) is 0 Å². The molecule has 0 radical (unpaired) electrons. The van der Waals surface area contributed by atoms with Gasteiger partial charge >= 0.3 is 0 Å². The van der Waals surface area contributed by atoms with Crippen LogP contribution in [0.15, 0.2) is 42.5 Å². The molecule has 104 valence electrons. The second-order valence-electron chi connectivity index (χ2n) is 4.85. The first-order valence-electron chi connectivity index (χ1n) is 6.40. The van der Waals surface area contributed by atoms with Crippen molar-refractivity contribution in [3.8, 4) is 0 Å². The molecule has 2 rings (SSSR count). The monoisotopic (exact) mass is 272 g/mol. The number of rotatable bonds is 3. The molecule has 0 saturated heterocycles. The lowest BCUT2D eigenvalue weighted by molar-refractivity contribution is 0.0936. The highest BCUT2D eigenvalue weighted by molar-refractivity contribution is 5.94. The van der Waals surface area contributed by atoms with Crippen LogP contribution in [0.5, 0.6) is 0 Å². The molecular weight excluding hydrogens is 255 g/mol. The highest BCUT2D eigenvalue weighted by Gasteiger charge is 2.15. The Balaban J connectivity index is 2.15. The highest BCUT2D eigenvalue weighted by Crippen LogP contribution is 2.17. The molecule has 0 fully saturated rings. The summed E-state index contributed by atoms with van der Waals surface area (Å²) in [6.45, 7) is 3.61. The van der Waals surface area contributed by atoms with E-state index in [1.54, 1.807) is 25.1 Å². The lowest BCUT2D eigenvalue weighted by Gasteiger charge is -2.15. The third-order valence-corrected chi connectivity index (χ3v) is 3.13. The van der Waals surface area contributed by atoms with Gasteiger partial charge in [-0.2, -0.15) is 0 Å². The summed E-state index contributed by atoms with van der Waals surface area (Å²) in [6, 6.07) is 11.6. The minimum absolute atomic E-state index is 0.0475. The van der Waals surface area contributed by atoms with Gasteiger partial charge < -0.3 is 11.1 Å². The van der Waals surface area contributed by atoms with E-state index < -0.39 is 11.7 Å². The van der Waals surface area contributed by atoms with Gasteiger partial charge in [-0.05, 0) is 49.2 Å². The summed E-state index contributed by atoms with van der Waals surface area (Å²) in [7, 11) is 0. The molecule has 1 amide bonds. The van der Waals surface area contributed by atoms with Crippen molar-refractivity contribution in [3.05, 3.63) is 65.0 Å². The van der Waals surface area contributed by atoms with E-state index in [0.717, 1.165) is 11.1 Å². The molecule has 3 nitrogen and oxygen atoms in total. The SMILES string of the molecule is Cc1ccc(C(=O)NC(C)c2cccc(N)c2)c(F)c1. The van der Waals surface area contributed by atoms with Gasteiger partial charge in [0, 0.05) is 5.69 Å². The molecule has 0 saturated carbocycles. The Morgan fingerprint density at radius 1 is 1.25 bits per heavy atom. The number of amides is 1. The van der Waals surface area contributed by atoms with Crippen LogP contribution in [0.3, 0.4) is 0 Å². The molecule has 2 aromatic rings. The summed E-state index contributed by atoms with van der Waals surface area (Å²) < 4.78 is 13.7. The molecule has 1 atom stereocenters. The Bertz CT molecular complexity index is 640. The number of benzene rings is 2. The molecule has 20 heavy (non-hydrogen) atoms. The molecule has 4 heteroatoms. The maximum atomic E-state index is 13.7. The predicted molar refractivity (Wildman–Crippen MR) is 77.9 cm³/mol. The van der Waals surface area contributed by atoms with E-state index >= 15 is 0 Å². The number of carbonyl (C=O) groups excluding carboxylic acids is 1. The number of nitrogen functional groups attached to an aromatic ring is 1. The zero-order chi connectivity index (χ0) is 14.7. The number of anilines is 1. The number of nitrogens with two attached hydrogens (primary N) is 1. The summed E-state index contributed by atoms with van der Waals surface area (Å²) in [6.07, 6.45) is 0. The normalized spacial score (nSPS) is 11.9. The quantitative estimate of drug-likeness (QED) is 0.843. The van der Waals surface area contributed by atoms with E-state index in [9.17, 15) is 9.18 Å². The number of hydrogen-bond donors (Lipinski definition) is 2. The van der Waals surface area contributed by atoms with Crippen molar-refractivity contribution in [2.24, 2.45) is 0 Å². The van der Waals surface area contributed by atoms with E-state index in [2.05, 4.69) is 5.32 Å². The molecule has 2 aromatic carbocycles. The van der Waals surface area contributed by atoms with Crippen molar-refractivity contribution in [1.82, 2.24) is 5.32 Å². The van der Waals surface area contributed by atoms with Crippen LogP contribution in [0.4, 0.5) is 10.1 Å². The first-order chi connectivity index (χ1) is 9.47. The standard InChI is InChI=1S/C16H17FN2O/c1-10-6-7-14(15(17)8-10)16(20)19-11(2)12-4-3-5-13(18)9-12/h3-9,11H,18H2,1-2H3,(H,19,20). The van der Waals surface area contributed by atoms with E-state index in [0.29, 0.717) is 5.69 Å². The molecule has 0 bridgehead atoms. The molecule has 0 aromatic heterocycles. The van der Waals surface area contributed by atoms with Gasteiger partial charge in [-0.3, -0.25) is 4.79 Å².